The minimum atomic E-state index is -2.83. The summed E-state index contributed by atoms with van der Waals surface area (Å²) in [6.07, 6.45) is -2.83. The van der Waals surface area contributed by atoms with E-state index in [9.17, 15) is 18.7 Å². The van der Waals surface area contributed by atoms with Gasteiger partial charge >= 0.3 is 0 Å². The molecule has 0 unspecified atom stereocenters. The van der Waals surface area contributed by atoms with Crippen LogP contribution in [-0.2, 0) is 0 Å². The van der Waals surface area contributed by atoms with Crippen molar-refractivity contribution in [2.24, 2.45) is 0 Å². The zero-order valence-corrected chi connectivity index (χ0v) is 8.81. The molecule has 0 radical (unpaired) electrons. The van der Waals surface area contributed by atoms with Gasteiger partial charge in [0.1, 0.15) is 5.69 Å². The van der Waals surface area contributed by atoms with Gasteiger partial charge in [-0.15, -0.1) is 0 Å². The van der Waals surface area contributed by atoms with Crippen molar-refractivity contribution in [3.05, 3.63) is 21.9 Å². The number of carbonyl (C=O) groups is 1. The zero-order valence-electron chi connectivity index (χ0n) is 6.47. The van der Waals surface area contributed by atoms with Crippen LogP contribution in [0, 0.1) is 0 Å². The number of hydrogen-bond donors (Lipinski definition) is 1. The highest BCUT2D eigenvalue weighted by Crippen LogP contribution is 2.31. The van der Waals surface area contributed by atoms with E-state index in [-0.39, 0.29) is 4.47 Å². The lowest BCUT2D eigenvalue weighted by atomic mass is 10.3. The molecule has 14 heavy (non-hydrogen) atoms. The van der Waals surface area contributed by atoms with E-state index in [0.29, 0.717) is 0 Å². The molecule has 0 fully saturated rings. The molecule has 0 saturated heterocycles. The van der Waals surface area contributed by atoms with E-state index < -0.39 is 28.8 Å². The first-order valence-electron chi connectivity index (χ1n) is 3.31. The van der Waals surface area contributed by atoms with Gasteiger partial charge in [-0.2, -0.15) is 0 Å². The van der Waals surface area contributed by atoms with Crippen LogP contribution in [0.1, 0.15) is 22.6 Å². The van der Waals surface area contributed by atoms with Gasteiger partial charge in [0.05, 0.1) is 4.47 Å². The number of hydrogen-bond acceptors (Lipinski definition) is 3. The standard InChI is InChI=1S/C7H3BrClF2NO2/c8-2-1-3(7(10)11)12-4(5(2)13)6(9)14/h1,7,13H. The van der Waals surface area contributed by atoms with Gasteiger partial charge in [-0.05, 0) is 33.6 Å². The third-order valence-corrected chi connectivity index (χ3v) is 2.16. The van der Waals surface area contributed by atoms with Crippen LogP contribution < -0.4 is 0 Å². The first kappa shape index (κ1) is 11.3. The third-order valence-electron chi connectivity index (χ3n) is 1.38. The average Bonchev–Trinajstić information content (AvgIpc) is 2.08. The van der Waals surface area contributed by atoms with Gasteiger partial charge in [0.15, 0.2) is 11.4 Å². The molecule has 0 saturated carbocycles. The number of carbonyl (C=O) groups excluding carboxylic acids is 1. The molecule has 0 amide bonds. The molecule has 0 spiro atoms. The number of nitrogens with zero attached hydrogens (tertiary/aromatic N) is 1. The molecule has 1 heterocycles. The summed E-state index contributed by atoms with van der Waals surface area (Å²) in [5.41, 5.74) is -1.21. The molecule has 1 N–H and O–H groups in total. The second kappa shape index (κ2) is 4.18. The van der Waals surface area contributed by atoms with Crippen LogP contribution in [0.15, 0.2) is 10.5 Å². The Labute approximate surface area is 90.8 Å². The van der Waals surface area contributed by atoms with E-state index in [1.165, 1.54) is 0 Å². The third kappa shape index (κ3) is 2.19. The molecule has 1 aromatic rings. The van der Waals surface area contributed by atoms with Gasteiger partial charge < -0.3 is 5.11 Å². The summed E-state index contributed by atoms with van der Waals surface area (Å²) < 4.78 is 24.4. The zero-order chi connectivity index (χ0) is 10.9. The number of pyridine rings is 1. The summed E-state index contributed by atoms with van der Waals surface area (Å²) in [7, 11) is 0. The number of aromatic hydroxyl groups is 1. The average molecular weight is 286 g/mol. The maximum atomic E-state index is 12.2. The summed E-state index contributed by atoms with van der Waals surface area (Å²) in [6, 6.07) is 0.920. The quantitative estimate of drug-likeness (QED) is 0.851. The maximum absolute atomic E-state index is 12.2. The molecule has 1 aromatic heterocycles. The topological polar surface area (TPSA) is 50.2 Å². The Kier molecular flexibility index (Phi) is 3.38. The molecule has 1 rings (SSSR count). The van der Waals surface area contributed by atoms with Gasteiger partial charge in [0, 0.05) is 0 Å². The molecular weight excluding hydrogens is 283 g/mol. The highest BCUT2D eigenvalue weighted by atomic mass is 79.9. The van der Waals surface area contributed by atoms with Crippen molar-refractivity contribution in [2.45, 2.75) is 6.43 Å². The summed E-state index contributed by atoms with van der Waals surface area (Å²) in [4.78, 5) is 13.9. The molecule has 3 nitrogen and oxygen atoms in total. The van der Waals surface area contributed by atoms with Crippen molar-refractivity contribution >= 4 is 32.8 Å². The Bertz CT molecular complexity index is 386. The smallest absolute Gasteiger partial charge is 0.280 e. The fourth-order valence-corrected chi connectivity index (χ4v) is 1.33. The fourth-order valence-electron chi connectivity index (χ4n) is 0.774. The molecule has 0 aliphatic heterocycles. The lowest BCUT2D eigenvalue weighted by molar-refractivity contribution is 0.107. The number of alkyl halides is 2. The fraction of sp³-hybridized carbons (Fsp3) is 0.143. The van der Waals surface area contributed by atoms with Crippen molar-refractivity contribution in [1.29, 1.82) is 0 Å². The van der Waals surface area contributed by atoms with Gasteiger partial charge in [0.25, 0.3) is 11.7 Å². The van der Waals surface area contributed by atoms with Crippen molar-refractivity contribution < 1.29 is 18.7 Å². The molecule has 7 heteroatoms. The Morgan fingerprint density at radius 2 is 2.21 bits per heavy atom. The second-order valence-electron chi connectivity index (χ2n) is 2.30. The summed E-state index contributed by atoms with van der Waals surface area (Å²) in [5.74, 6) is -0.547. The minimum absolute atomic E-state index is 0.0493. The number of aromatic nitrogens is 1. The van der Waals surface area contributed by atoms with Crippen LogP contribution in [0.3, 0.4) is 0 Å². The molecule has 0 aliphatic rings. The Morgan fingerprint density at radius 3 is 2.64 bits per heavy atom. The second-order valence-corrected chi connectivity index (χ2v) is 3.50. The van der Waals surface area contributed by atoms with Crippen LogP contribution in [0.5, 0.6) is 5.75 Å². The highest BCUT2D eigenvalue weighted by molar-refractivity contribution is 9.10. The summed E-state index contributed by atoms with van der Waals surface area (Å²) in [5, 5.41) is 8.12. The first-order chi connectivity index (χ1) is 6.43. The molecule has 0 bridgehead atoms. The molecule has 0 aromatic carbocycles. The number of halogens is 4. The van der Waals surface area contributed by atoms with Gasteiger partial charge in [-0.3, -0.25) is 4.79 Å². The highest BCUT2D eigenvalue weighted by Gasteiger charge is 2.19. The van der Waals surface area contributed by atoms with Gasteiger partial charge in [-0.1, -0.05) is 0 Å². The summed E-state index contributed by atoms with van der Waals surface area (Å²) in [6.45, 7) is 0. The van der Waals surface area contributed by atoms with Crippen molar-refractivity contribution in [2.75, 3.05) is 0 Å². The van der Waals surface area contributed by atoms with E-state index in [0.717, 1.165) is 6.07 Å². The van der Waals surface area contributed by atoms with Crippen LogP contribution in [-0.4, -0.2) is 15.3 Å². The van der Waals surface area contributed by atoms with Crippen molar-refractivity contribution in [3.63, 3.8) is 0 Å². The Morgan fingerprint density at radius 1 is 1.64 bits per heavy atom. The molecule has 0 atom stereocenters. The number of rotatable bonds is 2. The predicted octanol–water partition coefficient (Wildman–Crippen LogP) is 2.87. The van der Waals surface area contributed by atoms with Crippen LogP contribution in [0.2, 0.25) is 0 Å². The van der Waals surface area contributed by atoms with E-state index in [1.54, 1.807) is 0 Å². The summed E-state index contributed by atoms with van der Waals surface area (Å²) >= 11 is 7.83. The maximum Gasteiger partial charge on any atom is 0.280 e. The normalized spacial score (nSPS) is 10.6. The predicted molar refractivity (Wildman–Crippen MR) is 48.7 cm³/mol. The Balaban J connectivity index is 3.35. The van der Waals surface area contributed by atoms with Crippen LogP contribution in [0.25, 0.3) is 0 Å². The van der Waals surface area contributed by atoms with E-state index in [2.05, 4.69) is 20.9 Å². The molecular formula is C7H3BrClF2NO2. The van der Waals surface area contributed by atoms with Crippen molar-refractivity contribution in [3.8, 4) is 5.75 Å². The van der Waals surface area contributed by atoms with Crippen LogP contribution in [0.4, 0.5) is 8.78 Å². The van der Waals surface area contributed by atoms with Gasteiger partial charge in [-0.25, -0.2) is 13.8 Å². The SMILES string of the molecule is O=C(Cl)c1nc(C(F)F)cc(Br)c1O. The lowest BCUT2D eigenvalue weighted by Crippen LogP contribution is -2.00. The van der Waals surface area contributed by atoms with Gasteiger partial charge in [0.2, 0.25) is 0 Å². The van der Waals surface area contributed by atoms with E-state index in [1.807, 2.05) is 0 Å². The monoisotopic (exact) mass is 285 g/mol. The molecule has 76 valence electrons. The van der Waals surface area contributed by atoms with E-state index >= 15 is 0 Å². The first-order valence-corrected chi connectivity index (χ1v) is 4.48. The van der Waals surface area contributed by atoms with Crippen molar-refractivity contribution in [1.82, 2.24) is 4.98 Å². The minimum Gasteiger partial charge on any atom is -0.504 e. The lowest BCUT2D eigenvalue weighted by Gasteiger charge is -2.04. The van der Waals surface area contributed by atoms with Crippen LogP contribution >= 0.6 is 27.5 Å². The molecule has 0 aliphatic carbocycles. The Hall–Kier alpha value is -0.750. The largest absolute Gasteiger partial charge is 0.504 e. The van der Waals surface area contributed by atoms with E-state index in [4.69, 9.17) is 11.6 Å².